The number of hydrogen-bond acceptors (Lipinski definition) is 2. The van der Waals surface area contributed by atoms with E-state index in [4.69, 9.17) is 0 Å². The van der Waals surface area contributed by atoms with Crippen molar-refractivity contribution in [2.75, 3.05) is 18.4 Å². The molecule has 0 radical (unpaired) electrons. The van der Waals surface area contributed by atoms with Gasteiger partial charge in [0.1, 0.15) is 5.82 Å². The van der Waals surface area contributed by atoms with E-state index in [-0.39, 0.29) is 18.3 Å². The molecule has 0 atom stereocenters. The minimum Gasteiger partial charge on any atom is -0.325 e. The summed E-state index contributed by atoms with van der Waals surface area (Å²) >= 11 is 0. The fraction of sp³-hybridized carbons (Fsp3) is 0.211. The van der Waals surface area contributed by atoms with Crippen molar-refractivity contribution in [1.29, 1.82) is 0 Å². The molecule has 1 amide bonds. The highest BCUT2D eigenvalue weighted by Crippen LogP contribution is 2.11. The second kappa shape index (κ2) is 8.25. The van der Waals surface area contributed by atoms with Crippen molar-refractivity contribution in [1.82, 2.24) is 4.90 Å². The van der Waals surface area contributed by atoms with Crippen molar-refractivity contribution in [2.24, 2.45) is 0 Å². The van der Waals surface area contributed by atoms with Gasteiger partial charge in [0, 0.05) is 24.3 Å². The first-order chi connectivity index (χ1) is 11.1. The Hall–Kier alpha value is -2.46. The lowest BCUT2D eigenvalue weighted by Crippen LogP contribution is -2.33. The Bertz CT molecular complexity index is 667. The third-order valence-electron chi connectivity index (χ3n) is 3.44. The number of aryl methyl sites for hydroxylation is 1. The number of amides is 1. The van der Waals surface area contributed by atoms with Crippen LogP contribution in [-0.2, 0) is 11.3 Å². The van der Waals surface area contributed by atoms with Gasteiger partial charge in [0.2, 0.25) is 5.91 Å². The Morgan fingerprint density at radius 3 is 2.57 bits per heavy atom. The molecule has 2 aromatic carbocycles. The zero-order chi connectivity index (χ0) is 16.7. The van der Waals surface area contributed by atoms with Gasteiger partial charge < -0.3 is 5.32 Å². The van der Waals surface area contributed by atoms with Crippen LogP contribution in [0.25, 0.3) is 0 Å². The van der Waals surface area contributed by atoms with Crippen LogP contribution in [-0.4, -0.2) is 23.9 Å². The molecular formula is C19H21FN2O. The fourth-order valence-corrected chi connectivity index (χ4v) is 2.28. The molecule has 0 saturated carbocycles. The average molecular weight is 312 g/mol. The first-order valence-electron chi connectivity index (χ1n) is 7.51. The maximum Gasteiger partial charge on any atom is 0.238 e. The third kappa shape index (κ3) is 5.34. The summed E-state index contributed by atoms with van der Waals surface area (Å²) in [7, 11) is 0. The van der Waals surface area contributed by atoms with E-state index in [2.05, 4.69) is 11.9 Å². The number of nitrogens with one attached hydrogen (secondary N) is 1. The van der Waals surface area contributed by atoms with E-state index < -0.39 is 0 Å². The van der Waals surface area contributed by atoms with E-state index in [1.165, 1.54) is 6.07 Å². The summed E-state index contributed by atoms with van der Waals surface area (Å²) in [5.74, 6) is -0.396. The molecule has 23 heavy (non-hydrogen) atoms. The van der Waals surface area contributed by atoms with Crippen LogP contribution >= 0.6 is 0 Å². The number of carbonyl (C=O) groups is 1. The van der Waals surface area contributed by atoms with Crippen LogP contribution in [0.5, 0.6) is 0 Å². The number of rotatable bonds is 7. The quantitative estimate of drug-likeness (QED) is 0.790. The molecule has 0 aliphatic rings. The number of carbonyl (C=O) groups excluding carboxylic acids is 1. The van der Waals surface area contributed by atoms with Crippen molar-refractivity contribution in [2.45, 2.75) is 13.5 Å². The Kier molecular flexibility index (Phi) is 6.06. The second-order valence-corrected chi connectivity index (χ2v) is 5.46. The Labute approximate surface area is 136 Å². The molecule has 0 bridgehead atoms. The zero-order valence-corrected chi connectivity index (χ0v) is 13.3. The standard InChI is InChI=1S/C19H21FN2O/c1-3-12-22(13-16-6-4-5-7-18(16)20)14-19(23)21-17-10-8-15(2)9-11-17/h3-11H,1,12-14H2,2H3,(H,21,23). The topological polar surface area (TPSA) is 32.3 Å². The summed E-state index contributed by atoms with van der Waals surface area (Å²) < 4.78 is 13.8. The van der Waals surface area contributed by atoms with Gasteiger partial charge in [0.25, 0.3) is 0 Å². The van der Waals surface area contributed by atoms with Gasteiger partial charge in [-0.2, -0.15) is 0 Å². The molecule has 0 unspecified atom stereocenters. The number of halogens is 1. The molecule has 0 aliphatic heterocycles. The maximum absolute atomic E-state index is 13.8. The number of anilines is 1. The number of hydrogen-bond donors (Lipinski definition) is 1. The van der Waals surface area contributed by atoms with Crippen LogP contribution in [0.2, 0.25) is 0 Å². The average Bonchev–Trinajstić information content (AvgIpc) is 2.52. The minimum atomic E-state index is -0.263. The number of nitrogens with zero attached hydrogens (tertiary/aromatic N) is 1. The monoisotopic (exact) mass is 312 g/mol. The van der Waals surface area contributed by atoms with Crippen molar-refractivity contribution >= 4 is 11.6 Å². The van der Waals surface area contributed by atoms with Crippen molar-refractivity contribution in [3.8, 4) is 0 Å². The van der Waals surface area contributed by atoms with Gasteiger partial charge in [0.05, 0.1) is 6.54 Å². The molecule has 3 nitrogen and oxygen atoms in total. The summed E-state index contributed by atoms with van der Waals surface area (Å²) in [4.78, 5) is 14.0. The van der Waals surface area contributed by atoms with E-state index in [0.29, 0.717) is 18.7 Å². The predicted molar refractivity (Wildman–Crippen MR) is 91.7 cm³/mol. The molecule has 1 N–H and O–H groups in total. The smallest absolute Gasteiger partial charge is 0.238 e. The van der Waals surface area contributed by atoms with Crippen LogP contribution in [0.15, 0.2) is 61.2 Å². The van der Waals surface area contributed by atoms with Crippen molar-refractivity contribution in [3.63, 3.8) is 0 Å². The summed E-state index contributed by atoms with van der Waals surface area (Å²) in [5.41, 5.74) is 2.46. The summed E-state index contributed by atoms with van der Waals surface area (Å²) in [6.07, 6.45) is 1.71. The van der Waals surface area contributed by atoms with Gasteiger partial charge in [0.15, 0.2) is 0 Å². The van der Waals surface area contributed by atoms with E-state index in [1.54, 1.807) is 24.3 Å². The molecule has 0 spiro atoms. The van der Waals surface area contributed by atoms with Crippen LogP contribution in [0, 0.1) is 12.7 Å². The molecule has 0 aromatic heterocycles. The summed E-state index contributed by atoms with van der Waals surface area (Å²) in [5, 5.41) is 2.85. The molecule has 0 heterocycles. The number of benzene rings is 2. The van der Waals surface area contributed by atoms with Crippen LogP contribution < -0.4 is 5.32 Å². The molecule has 2 aromatic rings. The Morgan fingerprint density at radius 1 is 1.22 bits per heavy atom. The van der Waals surface area contributed by atoms with Gasteiger partial charge in [-0.1, -0.05) is 42.0 Å². The van der Waals surface area contributed by atoms with Crippen LogP contribution in [0.4, 0.5) is 10.1 Å². The van der Waals surface area contributed by atoms with Gasteiger partial charge in [-0.3, -0.25) is 9.69 Å². The second-order valence-electron chi connectivity index (χ2n) is 5.46. The van der Waals surface area contributed by atoms with Gasteiger partial charge >= 0.3 is 0 Å². The predicted octanol–water partition coefficient (Wildman–Crippen LogP) is 3.76. The molecule has 0 fully saturated rings. The first-order valence-corrected chi connectivity index (χ1v) is 7.51. The normalized spacial score (nSPS) is 10.6. The molecule has 0 aliphatic carbocycles. The van der Waals surface area contributed by atoms with Crippen LogP contribution in [0.1, 0.15) is 11.1 Å². The van der Waals surface area contributed by atoms with E-state index in [0.717, 1.165) is 11.3 Å². The molecular weight excluding hydrogens is 291 g/mol. The minimum absolute atomic E-state index is 0.132. The van der Waals surface area contributed by atoms with E-state index in [9.17, 15) is 9.18 Å². The Balaban J connectivity index is 1.98. The third-order valence-corrected chi connectivity index (χ3v) is 3.44. The van der Waals surface area contributed by atoms with Crippen LogP contribution in [0.3, 0.4) is 0 Å². The van der Waals surface area contributed by atoms with Gasteiger partial charge in [-0.15, -0.1) is 6.58 Å². The summed E-state index contributed by atoms with van der Waals surface area (Å²) in [6, 6.07) is 14.2. The molecule has 120 valence electrons. The maximum atomic E-state index is 13.8. The van der Waals surface area contributed by atoms with Crippen molar-refractivity contribution < 1.29 is 9.18 Å². The highest BCUT2D eigenvalue weighted by atomic mass is 19.1. The molecule has 2 rings (SSSR count). The largest absolute Gasteiger partial charge is 0.325 e. The Morgan fingerprint density at radius 2 is 1.91 bits per heavy atom. The highest BCUT2D eigenvalue weighted by molar-refractivity contribution is 5.92. The fourth-order valence-electron chi connectivity index (χ4n) is 2.28. The first kappa shape index (κ1) is 16.9. The SMILES string of the molecule is C=CCN(CC(=O)Nc1ccc(C)cc1)Cc1ccccc1F. The van der Waals surface area contributed by atoms with E-state index in [1.807, 2.05) is 36.1 Å². The summed E-state index contributed by atoms with van der Waals surface area (Å²) in [6.45, 7) is 6.74. The lowest BCUT2D eigenvalue weighted by Gasteiger charge is -2.20. The zero-order valence-electron chi connectivity index (χ0n) is 13.3. The van der Waals surface area contributed by atoms with Gasteiger partial charge in [-0.05, 0) is 25.1 Å². The highest BCUT2D eigenvalue weighted by Gasteiger charge is 2.12. The van der Waals surface area contributed by atoms with Gasteiger partial charge in [-0.25, -0.2) is 4.39 Å². The van der Waals surface area contributed by atoms with E-state index >= 15 is 0 Å². The lowest BCUT2D eigenvalue weighted by atomic mass is 10.2. The molecule has 4 heteroatoms. The lowest BCUT2D eigenvalue weighted by molar-refractivity contribution is -0.117. The van der Waals surface area contributed by atoms with Crippen molar-refractivity contribution in [3.05, 3.63) is 78.1 Å². The molecule has 0 saturated heterocycles.